The molecule has 0 aliphatic rings. The first-order chi connectivity index (χ1) is 9.54. The van der Waals surface area contributed by atoms with Gasteiger partial charge in [-0.15, -0.1) is 0 Å². The fourth-order valence-electron chi connectivity index (χ4n) is 1.91. The lowest BCUT2D eigenvalue weighted by Gasteiger charge is -2.15. The molecule has 20 heavy (non-hydrogen) atoms. The number of nitrogens with one attached hydrogen (secondary N) is 1. The van der Waals surface area contributed by atoms with Crippen molar-refractivity contribution in [2.45, 2.75) is 26.1 Å². The smallest absolute Gasteiger partial charge is 0.251 e. The Morgan fingerprint density at radius 3 is 3.00 bits per heavy atom. The zero-order valence-corrected chi connectivity index (χ0v) is 11.2. The van der Waals surface area contributed by atoms with E-state index in [1.54, 1.807) is 12.5 Å². The van der Waals surface area contributed by atoms with Crippen LogP contribution in [0.5, 0.6) is 0 Å². The number of nitrogens with zero attached hydrogens (tertiary/aromatic N) is 3. The Balaban J connectivity index is 1.92. The number of hydrogen-bond donors (Lipinski definition) is 2. The second-order valence-electron chi connectivity index (χ2n) is 4.66. The summed E-state index contributed by atoms with van der Waals surface area (Å²) in [7, 11) is 0. The van der Waals surface area contributed by atoms with Gasteiger partial charge in [0.25, 0.3) is 5.56 Å². The maximum absolute atomic E-state index is 11.9. The van der Waals surface area contributed by atoms with Crippen molar-refractivity contribution in [3.63, 3.8) is 0 Å². The summed E-state index contributed by atoms with van der Waals surface area (Å²) in [6.07, 6.45) is 6.65. The fraction of sp³-hybridized carbons (Fsp3) is 0.308. The quantitative estimate of drug-likeness (QED) is 0.792. The molecule has 7 heteroatoms. The summed E-state index contributed by atoms with van der Waals surface area (Å²) in [6.45, 7) is 2.47. The summed E-state index contributed by atoms with van der Waals surface area (Å²) in [5, 5.41) is 2.83. The fourth-order valence-corrected chi connectivity index (χ4v) is 1.91. The van der Waals surface area contributed by atoms with Crippen molar-refractivity contribution in [1.82, 2.24) is 19.4 Å². The molecule has 0 spiro atoms. The van der Waals surface area contributed by atoms with Gasteiger partial charge in [0.2, 0.25) is 5.91 Å². The Morgan fingerprint density at radius 2 is 2.30 bits per heavy atom. The highest BCUT2D eigenvalue weighted by Gasteiger charge is 2.09. The number of carbonyl (C=O) groups is 1. The Bertz CT molecular complexity index is 632. The highest BCUT2D eigenvalue weighted by molar-refractivity contribution is 5.76. The molecule has 0 saturated heterocycles. The van der Waals surface area contributed by atoms with Crippen LogP contribution in [0, 0.1) is 0 Å². The zero-order chi connectivity index (χ0) is 14.5. The van der Waals surface area contributed by atoms with Crippen molar-refractivity contribution < 1.29 is 4.79 Å². The number of rotatable bonds is 5. The number of hydrogen-bond acceptors (Lipinski definition) is 4. The van der Waals surface area contributed by atoms with Crippen LogP contribution in [0.2, 0.25) is 0 Å². The van der Waals surface area contributed by atoms with Crippen LogP contribution in [-0.2, 0) is 17.9 Å². The van der Waals surface area contributed by atoms with Crippen LogP contribution < -0.4 is 16.6 Å². The molecule has 106 valence electrons. The lowest BCUT2D eigenvalue weighted by atomic mass is 10.3. The molecule has 0 aliphatic heterocycles. The molecule has 0 aromatic carbocycles. The average molecular weight is 275 g/mol. The minimum atomic E-state index is -0.253. The van der Waals surface area contributed by atoms with E-state index in [1.165, 1.54) is 22.9 Å². The van der Waals surface area contributed by atoms with Crippen molar-refractivity contribution >= 4 is 11.6 Å². The number of anilines is 1. The van der Waals surface area contributed by atoms with Gasteiger partial charge in [-0.2, -0.15) is 0 Å². The van der Waals surface area contributed by atoms with Crippen molar-refractivity contribution in [1.29, 1.82) is 0 Å². The Kier molecular flexibility index (Phi) is 4.19. The van der Waals surface area contributed by atoms with E-state index in [2.05, 4.69) is 10.3 Å². The predicted molar refractivity (Wildman–Crippen MR) is 74.9 cm³/mol. The Hall–Kier alpha value is -2.57. The molecular weight excluding hydrogens is 258 g/mol. The van der Waals surface area contributed by atoms with E-state index in [0.29, 0.717) is 12.2 Å². The maximum atomic E-state index is 11.9. The number of carbonyl (C=O) groups excluding carboxylic acids is 1. The third kappa shape index (κ3) is 3.71. The summed E-state index contributed by atoms with van der Waals surface area (Å²) >= 11 is 0. The summed E-state index contributed by atoms with van der Waals surface area (Å²) in [4.78, 5) is 27.4. The molecule has 0 bridgehead atoms. The largest absolute Gasteiger partial charge is 0.398 e. The summed E-state index contributed by atoms with van der Waals surface area (Å²) in [5.41, 5.74) is 5.79. The third-order valence-electron chi connectivity index (χ3n) is 2.77. The Labute approximate surface area is 116 Å². The number of pyridine rings is 1. The molecule has 1 atom stereocenters. The minimum absolute atomic E-state index is 0.0435. The monoisotopic (exact) mass is 275 g/mol. The summed E-state index contributed by atoms with van der Waals surface area (Å²) in [6, 6.07) is 2.80. The first kappa shape index (κ1) is 13.9. The van der Waals surface area contributed by atoms with Gasteiger partial charge in [-0.25, -0.2) is 4.98 Å². The molecule has 2 rings (SSSR count). The number of aromatic nitrogens is 3. The molecule has 2 heterocycles. The van der Waals surface area contributed by atoms with Gasteiger partial charge in [-0.05, 0) is 13.0 Å². The number of nitrogens with two attached hydrogens (primary N) is 1. The van der Waals surface area contributed by atoms with Crippen LogP contribution in [0.4, 0.5) is 5.69 Å². The normalized spacial score (nSPS) is 12.1. The van der Waals surface area contributed by atoms with Crippen molar-refractivity contribution in [3.8, 4) is 0 Å². The second-order valence-corrected chi connectivity index (χ2v) is 4.66. The molecule has 0 fully saturated rings. The molecule has 2 aromatic rings. The van der Waals surface area contributed by atoms with E-state index >= 15 is 0 Å². The molecule has 1 unspecified atom stereocenters. The van der Waals surface area contributed by atoms with E-state index < -0.39 is 0 Å². The highest BCUT2D eigenvalue weighted by Crippen LogP contribution is 1.96. The lowest BCUT2D eigenvalue weighted by Crippen LogP contribution is -2.39. The lowest BCUT2D eigenvalue weighted by molar-refractivity contribution is -0.122. The van der Waals surface area contributed by atoms with Gasteiger partial charge in [0.05, 0.1) is 6.33 Å². The van der Waals surface area contributed by atoms with Crippen molar-refractivity contribution in [2.75, 3.05) is 5.73 Å². The molecule has 0 radical (unpaired) electrons. The molecule has 3 N–H and O–H groups in total. The van der Waals surface area contributed by atoms with Crippen LogP contribution in [-0.4, -0.2) is 26.1 Å². The highest BCUT2D eigenvalue weighted by atomic mass is 16.2. The maximum Gasteiger partial charge on any atom is 0.251 e. The molecule has 7 nitrogen and oxygen atoms in total. The molecule has 0 saturated carbocycles. The molecule has 1 amide bonds. The molecule has 0 aliphatic carbocycles. The SMILES string of the molecule is CC(Cn1ccnc1)NC(=O)Cn1cc(N)ccc1=O. The van der Waals surface area contributed by atoms with Gasteiger partial charge in [0.1, 0.15) is 6.54 Å². The Morgan fingerprint density at radius 1 is 1.50 bits per heavy atom. The zero-order valence-electron chi connectivity index (χ0n) is 11.2. The van der Waals surface area contributed by atoms with Gasteiger partial charge in [-0.3, -0.25) is 9.59 Å². The first-order valence-electron chi connectivity index (χ1n) is 6.25. The predicted octanol–water partition coefficient (Wildman–Crippen LogP) is -0.168. The second kappa shape index (κ2) is 6.05. The van der Waals surface area contributed by atoms with Gasteiger partial charge in [-0.1, -0.05) is 0 Å². The number of amides is 1. The first-order valence-corrected chi connectivity index (χ1v) is 6.25. The number of nitrogen functional groups attached to an aromatic ring is 1. The van der Waals surface area contributed by atoms with E-state index in [9.17, 15) is 9.59 Å². The van der Waals surface area contributed by atoms with E-state index in [4.69, 9.17) is 5.73 Å². The molecular formula is C13H17N5O2. The van der Waals surface area contributed by atoms with Crippen LogP contribution >= 0.6 is 0 Å². The third-order valence-corrected chi connectivity index (χ3v) is 2.77. The minimum Gasteiger partial charge on any atom is -0.398 e. The van der Waals surface area contributed by atoms with Crippen molar-refractivity contribution in [3.05, 3.63) is 47.4 Å². The van der Waals surface area contributed by atoms with Crippen LogP contribution in [0.1, 0.15) is 6.92 Å². The van der Waals surface area contributed by atoms with Gasteiger partial charge >= 0.3 is 0 Å². The van der Waals surface area contributed by atoms with E-state index in [0.717, 1.165) is 0 Å². The van der Waals surface area contributed by atoms with Crippen molar-refractivity contribution in [2.24, 2.45) is 0 Å². The van der Waals surface area contributed by atoms with E-state index in [1.807, 2.05) is 17.7 Å². The standard InChI is InChI=1S/C13H17N5O2/c1-10(6-17-5-4-15-9-17)16-12(19)8-18-7-11(14)2-3-13(18)20/h2-5,7,9-10H,6,8,14H2,1H3,(H,16,19). The van der Waals surface area contributed by atoms with Gasteiger partial charge < -0.3 is 20.2 Å². The van der Waals surface area contributed by atoms with Gasteiger partial charge in [0, 0.05) is 42.9 Å². The van der Waals surface area contributed by atoms with Crippen LogP contribution in [0.3, 0.4) is 0 Å². The number of imidazole rings is 1. The van der Waals surface area contributed by atoms with Crippen LogP contribution in [0.15, 0.2) is 41.8 Å². The summed E-state index contributed by atoms with van der Waals surface area (Å²) < 4.78 is 3.16. The van der Waals surface area contributed by atoms with Crippen LogP contribution in [0.25, 0.3) is 0 Å². The molecule has 2 aromatic heterocycles. The van der Waals surface area contributed by atoms with Gasteiger partial charge in [0.15, 0.2) is 0 Å². The van der Waals surface area contributed by atoms with E-state index in [-0.39, 0.29) is 24.1 Å². The summed E-state index contributed by atoms with van der Waals surface area (Å²) in [5.74, 6) is -0.231. The topological polar surface area (TPSA) is 94.9 Å². The average Bonchev–Trinajstić information content (AvgIpc) is 2.86.